The quantitative estimate of drug-likeness (QED) is 0.755. The molecule has 0 unspecified atom stereocenters. The Hall–Kier alpha value is -2.86. The van der Waals surface area contributed by atoms with Crippen LogP contribution in [0.1, 0.15) is 18.7 Å². The molecule has 1 aromatic carbocycles. The molecule has 1 aliphatic rings. The summed E-state index contributed by atoms with van der Waals surface area (Å²) in [6, 6.07) is 5.46. The molecular formula is C18H17N5O. The Balaban J connectivity index is 1.66. The molecule has 3 heterocycles. The minimum atomic E-state index is 0.149. The summed E-state index contributed by atoms with van der Waals surface area (Å²) in [6.45, 7) is 1.99. The van der Waals surface area contributed by atoms with Crippen molar-refractivity contribution in [3.63, 3.8) is 0 Å². The lowest BCUT2D eigenvalue weighted by Gasteiger charge is -2.14. The maximum absolute atomic E-state index is 10.3. The summed E-state index contributed by atoms with van der Waals surface area (Å²) in [5.74, 6) is 0.760. The van der Waals surface area contributed by atoms with Crippen molar-refractivity contribution < 1.29 is 5.11 Å². The number of phenolic OH excluding ortho intramolecular Hbond substituents is 1. The van der Waals surface area contributed by atoms with Gasteiger partial charge in [-0.25, -0.2) is 4.98 Å². The van der Waals surface area contributed by atoms with Crippen LogP contribution in [0, 0.1) is 0 Å². The standard InChI is InChI=1S/C18H17N5O/c24-17-9-14-10-20-6-3-13(14)8-15(17)16-11-21-18(23-22-16)7-12-1-4-19-5-2-12/h3,6-11,19,24H,1-2,4-5H2. The number of nitrogens with zero attached hydrogens (tertiary/aromatic N) is 4. The number of nitrogens with one attached hydrogen (secondary N) is 1. The molecule has 6 heteroatoms. The van der Waals surface area contributed by atoms with Gasteiger partial charge in [-0.2, -0.15) is 0 Å². The van der Waals surface area contributed by atoms with E-state index in [1.165, 1.54) is 5.57 Å². The first-order valence-corrected chi connectivity index (χ1v) is 7.96. The van der Waals surface area contributed by atoms with Crippen molar-refractivity contribution in [3.8, 4) is 17.0 Å². The average Bonchev–Trinajstić information content (AvgIpc) is 2.63. The second-order valence-corrected chi connectivity index (χ2v) is 5.85. The van der Waals surface area contributed by atoms with E-state index in [0.29, 0.717) is 17.1 Å². The molecule has 0 spiro atoms. The molecule has 2 N–H and O–H groups in total. The Kier molecular flexibility index (Phi) is 3.88. The Labute approximate surface area is 139 Å². The Morgan fingerprint density at radius 3 is 2.71 bits per heavy atom. The van der Waals surface area contributed by atoms with Crippen molar-refractivity contribution in [2.75, 3.05) is 13.1 Å². The summed E-state index contributed by atoms with van der Waals surface area (Å²) < 4.78 is 0. The van der Waals surface area contributed by atoms with E-state index in [1.807, 2.05) is 18.2 Å². The number of benzene rings is 1. The highest BCUT2D eigenvalue weighted by molar-refractivity contribution is 5.89. The SMILES string of the molecule is Oc1cc2cnccc2cc1-c1cnc(C=C2CCNCC2)nn1. The monoisotopic (exact) mass is 319 g/mol. The van der Waals surface area contributed by atoms with Crippen LogP contribution in [0.15, 0.2) is 42.4 Å². The van der Waals surface area contributed by atoms with Gasteiger partial charge in [0.1, 0.15) is 11.4 Å². The van der Waals surface area contributed by atoms with Crippen molar-refractivity contribution in [2.45, 2.75) is 12.8 Å². The molecule has 2 aromatic heterocycles. The van der Waals surface area contributed by atoms with Gasteiger partial charge in [-0.3, -0.25) is 4.98 Å². The first kappa shape index (κ1) is 14.7. The lowest BCUT2D eigenvalue weighted by Crippen LogP contribution is -2.23. The predicted molar refractivity (Wildman–Crippen MR) is 92.3 cm³/mol. The zero-order valence-electron chi connectivity index (χ0n) is 13.1. The minimum Gasteiger partial charge on any atom is -0.507 e. The van der Waals surface area contributed by atoms with Crippen LogP contribution in [0.3, 0.4) is 0 Å². The van der Waals surface area contributed by atoms with Crippen molar-refractivity contribution in [1.82, 2.24) is 25.5 Å². The van der Waals surface area contributed by atoms with E-state index in [9.17, 15) is 5.11 Å². The van der Waals surface area contributed by atoms with Crippen LogP contribution in [-0.4, -0.2) is 38.4 Å². The first-order chi connectivity index (χ1) is 11.8. The number of aromatic hydroxyl groups is 1. The maximum atomic E-state index is 10.3. The highest BCUT2D eigenvalue weighted by Crippen LogP contribution is 2.31. The van der Waals surface area contributed by atoms with Crippen LogP contribution >= 0.6 is 0 Å². The number of piperidine rings is 1. The number of aromatic nitrogens is 4. The van der Waals surface area contributed by atoms with Crippen molar-refractivity contribution in [1.29, 1.82) is 0 Å². The molecule has 1 aliphatic heterocycles. The zero-order chi connectivity index (χ0) is 16.4. The van der Waals surface area contributed by atoms with Crippen LogP contribution in [0.4, 0.5) is 0 Å². The van der Waals surface area contributed by atoms with Gasteiger partial charge in [-0.05, 0) is 55.6 Å². The van der Waals surface area contributed by atoms with Crippen LogP contribution in [0.25, 0.3) is 28.1 Å². The molecule has 0 radical (unpaired) electrons. The van der Waals surface area contributed by atoms with E-state index in [2.05, 4.69) is 25.5 Å². The van der Waals surface area contributed by atoms with Gasteiger partial charge in [0.05, 0.1) is 6.20 Å². The third kappa shape index (κ3) is 2.96. The van der Waals surface area contributed by atoms with Gasteiger partial charge < -0.3 is 10.4 Å². The highest BCUT2D eigenvalue weighted by atomic mass is 16.3. The normalized spacial score (nSPS) is 14.8. The van der Waals surface area contributed by atoms with Gasteiger partial charge in [0, 0.05) is 23.3 Å². The van der Waals surface area contributed by atoms with Gasteiger partial charge in [0.15, 0.2) is 5.82 Å². The molecule has 120 valence electrons. The van der Waals surface area contributed by atoms with E-state index in [1.54, 1.807) is 24.7 Å². The molecule has 6 nitrogen and oxygen atoms in total. The fraction of sp³-hybridized carbons (Fsp3) is 0.222. The number of pyridine rings is 1. The summed E-state index contributed by atoms with van der Waals surface area (Å²) in [4.78, 5) is 8.44. The van der Waals surface area contributed by atoms with E-state index >= 15 is 0 Å². The van der Waals surface area contributed by atoms with Gasteiger partial charge in [-0.15, -0.1) is 10.2 Å². The second kappa shape index (κ2) is 6.33. The first-order valence-electron chi connectivity index (χ1n) is 7.96. The lowest BCUT2D eigenvalue weighted by molar-refractivity contribution is 0.478. The third-order valence-corrected chi connectivity index (χ3v) is 4.19. The summed E-state index contributed by atoms with van der Waals surface area (Å²) in [6.07, 6.45) is 9.14. The third-order valence-electron chi connectivity index (χ3n) is 4.19. The zero-order valence-corrected chi connectivity index (χ0v) is 13.1. The highest BCUT2D eigenvalue weighted by Gasteiger charge is 2.10. The topological polar surface area (TPSA) is 83.8 Å². The van der Waals surface area contributed by atoms with Crippen LogP contribution in [-0.2, 0) is 0 Å². The molecule has 1 fully saturated rings. The van der Waals surface area contributed by atoms with Crippen LogP contribution in [0.5, 0.6) is 5.75 Å². The molecule has 3 aromatic rings. The van der Waals surface area contributed by atoms with Gasteiger partial charge in [0.25, 0.3) is 0 Å². The Bertz CT molecular complexity index is 897. The predicted octanol–water partition coefficient (Wildman–Crippen LogP) is 2.56. The maximum Gasteiger partial charge on any atom is 0.174 e. The number of hydrogen-bond donors (Lipinski definition) is 2. The van der Waals surface area contributed by atoms with Gasteiger partial charge in [-0.1, -0.05) is 5.57 Å². The summed E-state index contributed by atoms with van der Waals surface area (Å²) in [7, 11) is 0. The second-order valence-electron chi connectivity index (χ2n) is 5.85. The van der Waals surface area contributed by atoms with E-state index in [4.69, 9.17) is 0 Å². The molecular weight excluding hydrogens is 302 g/mol. The molecule has 24 heavy (non-hydrogen) atoms. The summed E-state index contributed by atoms with van der Waals surface area (Å²) in [5, 5.41) is 23.9. The van der Waals surface area contributed by atoms with Crippen LogP contribution in [0.2, 0.25) is 0 Å². The largest absolute Gasteiger partial charge is 0.507 e. The number of hydrogen-bond acceptors (Lipinski definition) is 6. The van der Waals surface area contributed by atoms with E-state index in [0.717, 1.165) is 36.7 Å². The summed E-state index contributed by atoms with van der Waals surface area (Å²) >= 11 is 0. The molecule has 0 saturated carbocycles. The lowest BCUT2D eigenvalue weighted by atomic mass is 10.1. The Morgan fingerprint density at radius 1 is 1.04 bits per heavy atom. The molecule has 0 aliphatic carbocycles. The fourth-order valence-electron chi connectivity index (χ4n) is 2.88. The summed E-state index contributed by atoms with van der Waals surface area (Å²) in [5.41, 5.74) is 2.51. The molecule has 0 bridgehead atoms. The van der Waals surface area contributed by atoms with Crippen molar-refractivity contribution in [2.24, 2.45) is 0 Å². The number of fused-ring (bicyclic) bond motifs is 1. The smallest absolute Gasteiger partial charge is 0.174 e. The van der Waals surface area contributed by atoms with Crippen molar-refractivity contribution in [3.05, 3.63) is 48.2 Å². The minimum absolute atomic E-state index is 0.149. The van der Waals surface area contributed by atoms with Crippen molar-refractivity contribution >= 4 is 16.8 Å². The van der Waals surface area contributed by atoms with Crippen LogP contribution < -0.4 is 5.32 Å². The van der Waals surface area contributed by atoms with E-state index in [-0.39, 0.29) is 5.75 Å². The molecule has 0 amide bonds. The molecule has 0 atom stereocenters. The van der Waals surface area contributed by atoms with Gasteiger partial charge in [0.2, 0.25) is 0 Å². The average molecular weight is 319 g/mol. The fourth-order valence-corrected chi connectivity index (χ4v) is 2.88. The molecule has 4 rings (SSSR count). The number of rotatable bonds is 2. The molecule has 1 saturated heterocycles. The van der Waals surface area contributed by atoms with Gasteiger partial charge >= 0.3 is 0 Å². The number of phenols is 1. The van der Waals surface area contributed by atoms with E-state index < -0.39 is 0 Å². The Morgan fingerprint density at radius 2 is 1.92 bits per heavy atom.